The van der Waals surface area contributed by atoms with Crippen molar-refractivity contribution in [1.82, 2.24) is 4.90 Å². The summed E-state index contributed by atoms with van der Waals surface area (Å²) in [4.78, 5) is 2.42. The molecule has 2 aromatic rings. The number of benzene rings is 2. The van der Waals surface area contributed by atoms with Gasteiger partial charge in [0.1, 0.15) is 6.54 Å². The molecular formula is C17H18N+. The third-order valence-corrected chi connectivity index (χ3v) is 3.57. The molecule has 2 radical (unpaired) electrons. The van der Waals surface area contributed by atoms with Crippen LogP contribution in [0.3, 0.4) is 0 Å². The summed E-state index contributed by atoms with van der Waals surface area (Å²) in [5.74, 6) is 0. The Balaban J connectivity index is 1.98. The highest BCUT2D eigenvalue weighted by Gasteiger charge is 2.35. The maximum Gasteiger partial charge on any atom is 0.202 e. The predicted octanol–water partition coefficient (Wildman–Crippen LogP) is 4.76. The topological polar surface area (TPSA) is 5.90 Å². The van der Waals surface area contributed by atoms with E-state index in [1.807, 2.05) is 6.07 Å². The summed E-state index contributed by atoms with van der Waals surface area (Å²) in [5, 5.41) is 0. The maximum absolute atomic E-state index is 3.40. The van der Waals surface area contributed by atoms with E-state index in [-0.39, 0.29) is 0 Å². The number of unbranched alkanes of at least 4 members (excludes halogenated alkanes) is 2. The Hall–Kier alpha value is -1.60. The van der Waals surface area contributed by atoms with E-state index < -0.39 is 0 Å². The summed E-state index contributed by atoms with van der Waals surface area (Å²) in [7, 11) is 0. The van der Waals surface area contributed by atoms with Gasteiger partial charge in [-0.3, -0.25) is 0 Å². The molecule has 0 aliphatic carbocycles. The Labute approximate surface area is 109 Å². The summed E-state index contributed by atoms with van der Waals surface area (Å²) in [6, 6.07) is 18.3. The van der Waals surface area contributed by atoms with Crippen LogP contribution >= 0.6 is 0 Å². The zero-order chi connectivity index (χ0) is 12.4. The van der Waals surface area contributed by atoms with Crippen molar-refractivity contribution < 1.29 is 0 Å². The third-order valence-electron chi connectivity index (χ3n) is 3.57. The highest BCUT2D eigenvalue weighted by molar-refractivity contribution is 5.91. The number of para-hydroxylation sites is 2. The molecule has 0 aromatic heterocycles. The lowest BCUT2D eigenvalue weighted by molar-refractivity contribution is 0.613. The highest BCUT2D eigenvalue weighted by atomic mass is 15.2. The van der Waals surface area contributed by atoms with Gasteiger partial charge in [0.2, 0.25) is 5.69 Å². The van der Waals surface area contributed by atoms with Crippen LogP contribution in [0, 0.1) is 6.07 Å². The first-order valence-electron chi connectivity index (χ1n) is 6.79. The second kappa shape index (κ2) is 4.95. The van der Waals surface area contributed by atoms with Crippen LogP contribution in [-0.4, -0.2) is 6.54 Å². The lowest BCUT2D eigenvalue weighted by atomic mass is 10.1. The fourth-order valence-corrected chi connectivity index (χ4v) is 2.68. The number of hydrogen-bond acceptors (Lipinski definition) is 1. The van der Waals surface area contributed by atoms with Crippen molar-refractivity contribution in [3.8, 4) is 11.1 Å². The van der Waals surface area contributed by atoms with Gasteiger partial charge in [0.05, 0.1) is 17.2 Å². The van der Waals surface area contributed by atoms with Crippen LogP contribution in [0.2, 0.25) is 0 Å². The quantitative estimate of drug-likeness (QED) is 0.533. The van der Waals surface area contributed by atoms with Gasteiger partial charge in [-0.25, -0.2) is 0 Å². The molecule has 3 rings (SSSR count). The van der Waals surface area contributed by atoms with Crippen LogP contribution in [0.1, 0.15) is 26.2 Å². The van der Waals surface area contributed by atoms with Crippen LogP contribution in [0.25, 0.3) is 11.1 Å². The molecule has 0 saturated heterocycles. The molecule has 0 bridgehead atoms. The van der Waals surface area contributed by atoms with Gasteiger partial charge in [0.25, 0.3) is 0 Å². The van der Waals surface area contributed by atoms with Crippen molar-refractivity contribution in [2.75, 3.05) is 6.54 Å². The van der Waals surface area contributed by atoms with Crippen LogP contribution in [0.15, 0.2) is 42.5 Å². The molecular weight excluding hydrogens is 218 g/mol. The van der Waals surface area contributed by atoms with E-state index >= 15 is 0 Å². The Morgan fingerprint density at radius 1 is 1.00 bits per heavy atom. The summed E-state index contributed by atoms with van der Waals surface area (Å²) >= 11 is 0. The normalized spacial score (nSPS) is 13.4. The minimum absolute atomic E-state index is 1.10. The molecule has 0 unspecified atom stereocenters. The van der Waals surface area contributed by atoms with E-state index in [9.17, 15) is 0 Å². The fraction of sp³-hybridized carbons (Fsp3) is 0.294. The second-order valence-electron chi connectivity index (χ2n) is 4.81. The van der Waals surface area contributed by atoms with Crippen molar-refractivity contribution in [1.29, 1.82) is 0 Å². The van der Waals surface area contributed by atoms with Crippen LogP contribution in [0.4, 0.5) is 11.4 Å². The Morgan fingerprint density at radius 2 is 1.83 bits per heavy atom. The van der Waals surface area contributed by atoms with Gasteiger partial charge in [-0.15, -0.1) is 0 Å². The summed E-state index contributed by atoms with van der Waals surface area (Å²) in [5.41, 5.74) is 5.26. The van der Waals surface area contributed by atoms with Crippen molar-refractivity contribution in [3.63, 3.8) is 0 Å². The third kappa shape index (κ3) is 1.85. The van der Waals surface area contributed by atoms with Crippen LogP contribution in [0.5, 0.6) is 0 Å². The van der Waals surface area contributed by atoms with E-state index in [0.717, 1.165) is 6.54 Å². The second-order valence-corrected chi connectivity index (χ2v) is 4.81. The van der Waals surface area contributed by atoms with Crippen LogP contribution in [-0.2, 0) is 0 Å². The molecule has 0 atom stereocenters. The number of anilines is 2. The number of rotatable bonds is 4. The molecule has 2 aromatic carbocycles. The highest BCUT2D eigenvalue weighted by Crippen LogP contribution is 2.46. The first-order chi connectivity index (χ1) is 8.92. The molecule has 1 aliphatic rings. The van der Waals surface area contributed by atoms with E-state index in [2.05, 4.69) is 54.3 Å². The molecule has 0 amide bonds. The minimum atomic E-state index is 1.10. The van der Waals surface area contributed by atoms with Crippen molar-refractivity contribution >= 4 is 11.4 Å². The molecule has 18 heavy (non-hydrogen) atoms. The number of hydrogen-bond donors (Lipinski definition) is 0. The van der Waals surface area contributed by atoms with Gasteiger partial charge < -0.3 is 0 Å². The standard InChI is InChI=1S/C17H18N/c1-2-3-8-13-18-16-11-6-4-9-14(16)15-10-5-7-12-17(15)18/h4-7,9-11H,2-3,8,13H2,1H3/q+1. The van der Waals surface area contributed by atoms with E-state index in [1.165, 1.54) is 41.8 Å². The average Bonchev–Trinajstić information content (AvgIpc) is 2.74. The van der Waals surface area contributed by atoms with Gasteiger partial charge in [-0.2, -0.15) is 0 Å². The minimum Gasteiger partial charge on any atom is -0.0955 e. The Morgan fingerprint density at radius 3 is 2.72 bits per heavy atom. The fourth-order valence-electron chi connectivity index (χ4n) is 2.68. The zero-order valence-corrected chi connectivity index (χ0v) is 10.8. The molecule has 1 nitrogen and oxygen atoms in total. The average molecular weight is 236 g/mol. The Bertz CT molecular complexity index is 499. The SMILES string of the molecule is CCCCC[N+]1c2[c]cccc2-c2ccccc21. The molecule has 1 heteroatoms. The molecule has 90 valence electrons. The Kier molecular flexibility index (Phi) is 3.16. The number of fused-ring (bicyclic) bond motifs is 3. The largest absolute Gasteiger partial charge is 0.202 e. The van der Waals surface area contributed by atoms with Crippen molar-refractivity contribution in [3.05, 3.63) is 48.5 Å². The maximum atomic E-state index is 3.40. The van der Waals surface area contributed by atoms with Crippen molar-refractivity contribution in [2.24, 2.45) is 0 Å². The molecule has 1 aliphatic heterocycles. The summed E-state index contributed by atoms with van der Waals surface area (Å²) in [6.07, 6.45) is 3.80. The van der Waals surface area contributed by atoms with Crippen molar-refractivity contribution in [2.45, 2.75) is 26.2 Å². The zero-order valence-electron chi connectivity index (χ0n) is 10.8. The van der Waals surface area contributed by atoms with Gasteiger partial charge in [-0.1, -0.05) is 36.4 Å². The smallest absolute Gasteiger partial charge is 0.0955 e. The van der Waals surface area contributed by atoms with E-state index in [0.29, 0.717) is 0 Å². The summed E-state index contributed by atoms with van der Waals surface area (Å²) in [6.45, 7) is 3.34. The van der Waals surface area contributed by atoms with Gasteiger partial charge in [0, 0.05) is 12.5 Å². The lowest BCUT2D eigenvalue weighted by Gasteiger charge is -2.06. The predicted molar refractivity (Wildman–Crippen MR) is 76.6 cm³/mol. The molecule has 0 spiro atoms. The van der Waals surface area contributed by atoms with Gasteiger partial charge in [-0.05, 0) is 24.6 Å². The molecule has 0 N–H and O–H groups in total. The van der Waals surface area contributed by atoms with Crippen LogP contribution < -0.4 is 4.90 Å². The molecule has 1 heterocycles. The van der Waals surface area contributed by atoms with E-state index in [4.69, 9.17) is 0 Å². The monoisotopic (exact) mass is 236 g/mol. The van der Waals surface area contributed by atoms with E-state index in [1.54, 1.807) is 0 Å². The lowest BCUT2D eigenvalue weighted by Crippen LogP contribution is -2.17. The van der Waals surface area contributed by atoms with Gasteiger partial charge >= 0.3 is 0 Å². The first-order valence-corrected chi connectivity index (χ1v) is 6.79. The van der Waals surface area contributed by atoms with Gasteiger partial charge in [0.15, 0.2) is 5.69 Å². The number of nitrogens with zero attached hydrogens (tertiary/aromatic N) is 1. The molecule has 0 fully saturated rings. The summed E-state index contributed by atoms with van der Waals surface area (Å²) < 4.78 is 0. The molecule has 0 saturated carbocycles. The first kappa shape index (κ1) is 11.5.